The Labute approximate surface area is 174 Å². The van der Waals surface area contributed by atoms with Crippen molar-refractivity contribution in [3.8, 4) is 5.75 Å². The predicted octanol–water partition coefficient (Wildman–Crippen LogP) is 3.04. The summed E-state index contributed by atoms with van der Waals surface area (Å²) in [7, 11) is -2.21. The number of non-ortho nitro benzene ring substituents is 1. The summed E-state index contributed by atoms with van der Waals surface area (Å²) in [4.78, 5) is 22.6. The maximum Gasteiger partial charge on any atom is 0.269 e. The van der Waals surface area contributed by atoms with Gasteiger partial charge in [-0.3, -0.25) is 14.9 Å². The van der Waals surface area contributed by atoms with E-state index in [0.29, 0.717) is 24.4 Å². The summed E-state index contributed by atoms with van der Waals surface area (Å²) in [5.74, 6) is -0.171. The maximum atomic E-state index is 12.8. The summed E-state index contributed by atoms with van der Waals surface area (Å²) in [6, 6.07) is 10.1. The van der Waals surface area contributed by atoms with Crippen molar-refractivity contribution in [1.82, 2.24) is 4.31 Å². The molecule has 0 aliphatic carbocycles. The average Bonchev–Trinajstić information content (AvgIpc) is 3.28. The maximum absolute atomic E-state index is 12.8. The number of nitrogens with one attached hydrogen (secondary N) is 1. The van der Waals surface area contributed by atoms with Crippen LogP contribution < -0.4 is 10.1 Å². The number of benzene rings is 2. The molecule has 9 nitrogen and oxygen atoms in total. The number of nitro groups is 1. The van der Waals surface area contributed by atoms with Crippen LogP contribution in [-0.4, -0.2) is 43.8 Å². The fourth-order valence-electron chi connectivity index (χ4n) is 3.08. The third kappa shape index (κ3) is 4.84. The van der Waals surface area contributed by atoms with Gasteiger partial charge in [0.1, 0.15) is 5.75 Å². The number of hydrogen-bond donors (Lipinski definition) is 1. The first-order valence-electron chi connectivity index (χ1n) is 9.23. The van der Waals surface area contributed by atoms with Crippen molar-refractivity contribution in [3.05, 3.63) is 64.2 Å². The number of sulfonamides is 1. The first-order chi connectivity index (χ1) is 14.3. The molecule has 30 heavy (non-hydrogen) atoms. The Morgan fingerprint density at radius 1 is 1.17 bits per heavy atom. The number of anilines is 1. The van der Waals surface area contributed by atoms with Crippen molar-refractivity contribution in [1.29, 1.82) is 0 Å². The zero-order chi connectivity index (χ0) is 21.7. The summed E-state index contributed by atoms with van der Waals surface area (Å²) in [5, 5.41) is 13.3. The van der Waals surface area contributed by atoms with E-state index in [-0.39, 0.29) is 16.3 Å². The second kappa shape index (κ2) is 9.06. The fourth-order valence-corrected chi connectivity index (χ4v) is 4.62. The van der Waals surface area contributed by atoms with Gasteiger partial charge in [-0.2, -0.15) is 4.31 Å². The van der Waals surface area contributed by atoms with Crippen LogP contribution in [0.1, 0.15) is 18.4 Å². The first kappa shape index (κ1) is 21.5. The van der Waals surface area contributed by atoms with Gasteiger partial charge < -0.3 is 10.1 Å². The lowest BCUT2D eigenvalue weighted by Gasteiger charge is -2.17. The topological polar surface area (TPSA) is 119 Å². The predicted molar refractivity (Wildman–Crippen MR) is 112 cm³/mol. The third-order valence-corrected chi connectivity index (χ3v) is 6.56. The highest BCUT2D eigenvalue weighted by atomic mass is 32.2. The molecule has 0 atom stereocenters. The molecule has 1 fully saturated rings. The van der Waals surface area contributed by atoms with Gasteiger partial charge in [0, 0.05) is 31.3 Å². The molecule has 1 N–H and O–H groups in total. The highest BCUT2D eigenvalue weighted by Crippen LogP contribution is 2.30. The molecule has 0 saturated carbocycles. The van der Waals surface area contributed by atoms with Crippen molar-refractivity contribution in [2.24, 2.45) is 0 Å². The number of nitro benzene ring substituents is 1. The van der Waals surface area contributed by atoms with Crippen molar-refractivity contribution < 1.29 is 22.9 Å². The molecule has 3 rings (SSSR count). The van der Waals surface area contributed by atoms with Gasteiger partial charge in [-0.05, 0) is 54.8 Å². The zero-order valence-electron chi connectivity index (χ0n) is 16.3. The number of nitrogens with zero attached hydrogens (tertiary/aromatic N) is 2. The Kier molecular flexibility index (Phi) is 6.48. The molecular formula is C20H21N3O6S. The third-order valence-electron chi connectivity index (χ3n) is 4.66. The van der Waals surface area contributed by atoms with Crippen molar-refractivity contribution in [2.45, 2.75) is 17.7 Å². The molecule has 0 unspecified atom stereocenters. The van der Waals surface area contributed by atoms with Crippen molar-refractivity contribution in [2.75, 3.05) is 25.5 Å². The number of rotatable bonds is 7. The molecule has 0 bridgehead atoms. The summed E-state index contributed by atoms with van der Waals surface area (Å²) in [6.07, 6.45) is 4.40. The van der Waals surface area contributed by atoms with Crippen LogP contribution in [0.15, 0.2) is 53.4 Å². The van der Waals surface area contributed by atoms with E-state index in [2.05, 4.69) is 5.32 Å². The lowest BCUT2D eigenvalue weighted by molar-refractivity contribution is -0.384. The van der Waals surface area contributed by atoms with Gasteiger partial charge in [-0.25, -0.2) is 8.42 Å². The molecule has 10 heteroatoms. The van der Waals surface area contributed by atoms with Gasteiger partial charge in [-0.1, -0.05) is 0 Å². The zero-order valence-corrected chi connectivity index (χ0v) is 17.1. The van der Waals surface area contributed by atoms with Crippen LogP contribution in [-0.2, 0) is 14.8 Å². The highest BCUT2D eigenvalue weighted by molar-refractivity contribution is 7.89. The fraction of sp³-hybridized carbons (Fsp3) is 0.250. The molecule has 1 heterocycles. The Balaban J connectivity index is 1.77. The molecule has 1 aliphatic rings. The molecule has 2 aromatic carbocycles. The monoisotopic (exact) mass is 431 g/mol. The summed E-state index contributed by atoms with van der Waals surface area (Å²) >= 11 is 0. The second-order valence-corrected chi connectivity index (χ2v) is 8.58. The second-order valence-electron chi connectivity index (χ2n) is 6.64. The normalized spacial score (nSPS) is 14.7. The molecule has 0 aromatic heterocycles. The number of amides is 1. The molecule has 2 aromatic rings. The van der Waals surface area contributed by atoms with E-state index in [1.54, 1.807) is 0 Å². The van der Waals surface area contributed by atoms with Crippen LogP contribution in [0.5, 0.6) is 5.75 Å². The van der Waals surface area contributed by atoms with Crippen molar-refractivity contribution in [3.63, 3.8) is 0 Å². The van der Waals surface area contributed by atoms with Gasteiger partial charge in [0.15, 0.2) is 0 Å². The SMILES string of the molecule is COc1ccc(S(=O)(=O)N2CCCC2)cc1NC(=O)/C=C/c1ccc([N+](=O)[O-])cc1. The summed E-state index contributed by atoms with van der Waals surface area (Å²) in [6.45, 7) is 0.960. The Morgan fingerprint density at radius 2 is 1.83 bits per heavy atom. The van der Waals surface area contributed by atoms with E-state index in [4.69, 9.17) is 4.74 Å². The van der Waals surface area contributed by atoms with Crippen molar-refractivity contribution >= 4 is 33.4 Å². The molecule has 0 radical (unpaired) electrons. The molecule has 1 amide bonds. The van der Waals surface area contributed by atoms with Gasteiger partial charge in [0.05, 0.1) is 22.6 Å². The molecule has 158 valence electrons. The van der Waals surface area contributed by atoms with Crippen LogP contribution in [0.4, 0.5) is 11.4 Å². The number of carbonyl (C=O) groups excluding carboxylic acids is 1. The molecule has 1 saturated heterocycles. The minimum Gasteiger partial charge on any atom is -0.495 e. The van der Waals surface area contributed by atoms with Crippen LogP contribution >= 0.6 is 0 Å². The van der Waals surface area contributed by atoms with Gasteiger partial charge in [0.25, 0.3) is 5.69 Å². The van der Waals surface area contributed by atoms with Crippen LogP contribution in [0, 0.1) is 10.1 Å². The first-order valence-corrected chi connectivity index (χ1v) is 10.7. The quantitative estimate of drug-likeness (QED) is 0.409. The number of methoxy groups -OCH3 is 1. The molecular weight excluding hydrogens is 410 g/mol. The van der Waals surface area contributed by atoms with E-state index >= 15 is 0 Å². The highest BCUT2D eigenvalue weighted by Gasteiger charge is 2.28. The van der Waals surface area contributed by atoms with Crippen LogP contribution in [0.25, 0.3) is 6.08 Å². The minimum atomic E-state index is -3.63. The number of carbonyl (C=O) groups is 1. The lowest BCUT2D eigenvalue weighted by atomic mass is 10.2. The summed E-state index contributed by atoms with van der Waals surface area (Å²) in [5.41, 5.74) is 0.793. The van der Waals surface area contributed by atoms with E-state index in [1.807, 2.05) is 0 Å². The Morgan fingerprint density at radius 3 is 2.43 bits per heavy atom. The molecule has 1 aliphatic heterocycles. The van der Waals surface area contributed by atoms with E-state index in [1.165, 1.54) is 66.0 Å². The van der Waals surface area contributed by atoms with Gasteiger partial charge in [-0.15, -0.1) is 0 Å². The standard InChI is InChI=1S/C20H21N3O6S/c1-29-19-10-9-17(30(27,28)22-12-2-3-13-22)14-18(19)21-20(24)11-6-15-4-7-16(8-5-15)23(25)26/h4-11,14H,2-3,12-13H2,1H3,(H,21,24)/b11-6+. The lowest BCUT2D eigenvalue weighted by Crippen LogP contribution is -2.28. The van der Waals surface area contributed by atoms with Crippen LogP contribution in [0.2, 0.25) is 0 Å². The smallest absolute Gasteiger partial charge is 0.269 e. The minimum absolute atomic E-state index is 0.0441. The summed E-state index contributed by atoms with van der Waals surface area (Å²) < 4.78 is 32.2. The Hall–Kier alpha value is -3.24. The Bertz CT molecular complexity index is 1070. The molecule has 0 spiro atoms. The number of ether oxygens (including phenoxy) is 1. The largest absolute Gasteiger partial charge is 0.495 e. The van der Waals surface area contributed by atoms with Gasteiger partial charge in [0.2, 0.25) is 15.9 Å². The van der Waals surface area contributed by atoms with E-state index < -0.39 is 20.9 Å². The van der Waals surface area contributed by atoms with E-state index in [0.717, 1.165) is 12.8 Å². The van der Waals surface area contributed by atoms with Crippen LogP contribution in [0.3, 0.4) is 0 Å². The average molecular weight is 431 g/mol. The van der Waals surface area contributed by atoms with Gasteiger partial charge >= 0.3 is 0 Å². The number of hydrogen-bond acceptors (Lipinski definition) is 6. The van der Waals surface area contributed by atoms with E-state index in [9.17, 15) is 23.3 Å².